The van der Waals surface area contributed by atoms with Gasteiger partial charge in [0.15, 0.2) is 11.5 Å². The number of rotatable bonds is 5. The molecule has 4 aromatic heterocycles. The van der Waals surface area contributed by atoms with E-state index in [1.54, 1.807) is 12.4 Å². The summed E-state index contributed by atoms with van der Waals surface area (Å²) in [5, 5.41) is 3.20. The molecule has 0 unspecified atom stereocenters. The van der Waals surface area contributed by atoms with Crippen molar-refractivity contribution in [2.45, 2.75) is 6.92 Å². The van der Waals surface area contributed by atoms with Gasteiger partial charge < -0.3 is 20.4 Å². The summed E-state index contributed by atoms with van der Waals surface area (Å²) in [6, 6.07) is 3.96. The smallest absolute Gasteiger partial charge is 0.180 e. The first-order valence-electron chi connectivity index (χ1n) is 8.24. The number of aromatic nitrogens is 5. The molecule has 0 aromatic carbocycles. The topological polar surface area (TPSA) is 109 Å². The van der Waals surface area contributed by atoms with Gasteiger partial charge in [0.2, 0.25) is 0 Å². The summed E-state index contributed by atoms with van der Waals surface area (Å²) in [6.07, 6.45) is 12.3. The Labute approximate surface area is 149 Å². The highest BCUT2D eigenvalue weighted by Gasteiger charge is 2.11. The van der Waals surface area contributed by atoms with Gasteiger partial charge in [-0.05, 0) is 19.1 Å². The van der Waals surface area contributed by atoms with E-state index in [0.717, 1.165) is 22.3 Å². The molecule has 0 saturated carbocycles. The third-order valence-electron chi connectivity index (χ3n) is 3.92. The third-order valence-corrected chi connectivity index (χ3v) is 3.92. The molecule has 4 N–H and O–H groups in total. The van der Waals surface area contributed by atoms with Crippen LogP contribution >= 0.6 is 0 Å². The van der Waals surface area contributed by atoms with Crippen molar-refractivity contribution < 1.29 is 0 Å². The maximum Gasteiger partial charge on any atom is 0.180 e. The summed E-state index contributed by atoms with van der Waals surface area (Å²) in [6.45, 7) is 2.63. The lowest BCUT2D eigenvalue weighted by Gasteiger charge is -2.10. The number of fused-ring (bicyclic) bond motifs is 2. The predicted molar refractivity (Wildman–Crippen MR) is 103 cm³/mol. The summed E-state index contributed by atoms with van der Waals surface area (Å²) < 4.78 is 1.91. The number of nitrogens with one attached hydrogen (secondary N) is 2. The molecule has 0 atom stereocenters. The number of anilines is 1. The molecule has 4 heterocycles. The first-order chi connectivity index (χ1) is 12.8. The highest BCUT2D eigenvalue weighted by atomic mass is 15.1. The fraction of sp³-hybridized carbons (Fsp3) is 0.111. The lowest BCUT2D eigenvalue weighted by atomic mass is 10.2. The number of hydrogen-bond acceptors (Lipinski definition) is 6. The zero-order valence-electron chi connectivity index (χ0n) is 14.2. The maximum atomic E-state index is 5.70. The van der Waals surface area contributed by atoms with Crippen LogP contribution in [0.5, 0.6) is 0 Å². The number of nitrogens with two attached hydrogens (primary N) is 1. The van der Waals surface area contributed by atoms with Crippen LogP contribution in [-0.2, 0) is 0 Å². The van der Waals surface area contributed by atoms with Crippen LogP contribution in [0.4, 0.5) is 5.82 Å². The lowest BCUT2D eigenvalue weighted by molar-refractivity contribution is 1.12. The summed E-state index contributed by atoms with van der Waals surface area (Å²) >= 11 is 0. The van der Waals surface area contributed by atoms with Gasteiger partial charge in [0.1, 0.15) is 0 Å². The molecule has 0 amide bonds. The van der Waals surface area contributed by atoms with Crippen LogP contribution in [0.15, 0.2) is 60.0 Å². The van der Waals surface area contributed by atoms with Crippen molar-refractivity contribution in [1.82, 2.24) is 24.3 Å². The second kappa shape index (κ2) is 6.67. The monoisotopic (exact) mass is 346 g/mol. The van der Waals surface area contributed by atoms with Crippen LogP contribution in [0.2, 0.25) is 0 Å². The molecule has 0 aliphatic rings. The van der Waals surface area contributed by atoms with Crippen molar-refractivity contribution in [3.05, 3.63) is 55.0 Å². The number of nitrogens with zero attached hydrogens (tertiary/aromatic N) is 5. The minimum Gasteiger partial charge on any atom is -0.403 e. The van der Waals surface area contributed by atoms with E-state index < -0.39 is 0 Å². The molecule has 0 fully saturated rings. The Morgan fingerprint density at radius 1 is 1.42 bits per heavy atom. The molecule has 8 heteroatoms. The Bertz CT molecular complexity index is 1120. The molecule has 0 spiro atoms. The van der Waals surface area contributed by atoms with E-state index >= 15 is 0 Å². The van der Waals surface area contributed by atoms with Crippen molar-refractivity contribution >= 4 is 28.7 Å². The van der Waals surface area contributed by atoms with Crippen LogP contribution in [0.1, 0.15) is 6.92 Å². The van der Waals surface area contributed by atoms with E-state index in [-0.39, 0.29) is 0 Å². The van der Waals surface area contributed by atoms with Crippen molar-refractivity contribution in [3.63, 3.8) is 0 Å². The minimum absolute atomic E-state index is 0.596. The molecule has 0 radical (unpaired) electrons. The normalized spacial score (nSPS) is 12.4. The first kappa shape index (κ1) is 15.8. The van der Waals surface area contributed by atoms with E-state index in [4.69, 9.17) is 10.7 Å². The van der Waals surface area contributed by atoms with E-state index in [0.29, 0.717) is 23.7 Å². The van der Waals surface area contributed by atoms with Crippen LogP contribution in [0, 0.1) is 0 Å². The fourth-order valence-electron chi connectivity index (χ4n) is 2.67. The standard InChI is InChI=1S/C18H18N8/c1-2-20-10-13(8-19)24-17-18-22-5-6-26(18)11-16(25-17)12-7-15-14(23-9-12)3-4-21-15/h3-11,21H,2,19H2,1H3,(H,24,25). The summed E-state index contributed by atoms with van der Waals surface area (Å²) in [5.74, 6) is 0.596. The largest absolute Gasteiger partial charge is 0.403 e. The lowest BCUT2D eigenvalue weighted by Crippen LogP contribution is -2.08. The van der Waals surface area contributed by atoms with Crippen molar-refractivity contribution in [2.24, 2.45) is 10.7 Å². The van der Waals surface area contributed by atoms with E-state index in [1.807, 2.05) is 48.2 Å². The highest BCUT2D eigenvalue weighted by Crippen LogP contribution is 2.24. The van der Waals surface area contributed by atoms with E-state index in [2.05, 4.69) is 25.3 Å². The van der Waals surface area contributed by atoms with Gasteiger partial charge in [-0.1, -0.05) is 0 Å². The average Bonchev–Trinajstić information content (AvgIpc) is 3.33. The van der Waals surface area contributed by atoms with Gasteiger partial charge in [-0.3, -0.25) is 9.98 Å². The number of pyridine rings is 1. The Kier molecular flexibility index (Phi) is 4.06. The molecule has 26 heavy (non-hydrogen) atoms. The molecule has 0 saturated heterocycles. The second-order valence-electron chi connectivity index (χ2n) is 5.64. The Morgan fingerprint density at radius 2 is 2.35 bits per heavy atom. The van der Waals surface area contributed by atoms with E-state index in [9.17, 15) is 0 Å². The van der Waals surface area contributed by atoms with E-state index in [1.165, 1.54) is 6.20 Å². The number of imidazole rings is 1. The van der Waals surface area contributed by atoms with Crippen LogP contribution < -0.4 is 11.1 Å². The Morgan fingerprint density at radius 3 is 3.19 bits per heavy atom. The predicted octanol–water partition coefficient (Wildman–Crippen LogP) is 2.58. The van der Waals surface area contributed by atoms with Crippen molar-refractivity contribution in [2.75, 3.05) is 11.9 Å². The molecule has 4 aromatic rings. The van der Waals surface area contributed by atoms with Crippen LogP contribution in [-0.4, -0.2) is 37.1 Å². The van der Waals surface area contributed by atoms with Gasteiger partial charge in [0.25, 0.3) is 0 Å². The van der Waals surface area contributed by atoms with Gasteiger partial charge in [-0.2, -0.15) is 0 Å². The van der Waals surface area contributed by atoms with Gasteiger partial charge in [-0.25, -0.2) is 9.97 Å². The quantitative estimate of drug-likeness (QED) is 0.481. The van der Waals surface area contributed by atoms with Gasteiger partial charge in [-0.15, -0.1) is 0 Å². The summed E-state index contributed by atoms with van der Waals surface area (Å²) in [7, 11) is 0. The maximum absolute atomic E-state index is 5.70. The zero-order chi connectivity index (χ0) is 17.9. The molecule has 8 nitrogen and oxygen atoms in total. The number of allylic oxidation sites excluding steroid dienone is 1. The molecule has 130 valence electrons. The molecular weight excluding hydrogens is 328 g/mol. The highest BCUT2D eigenvalue weighted by molar-refractivity contribution is 5.85. The van der Waals surface area contributed by atoms with Crippen molar-refractivity contribution in [3.8, 4) is 11.3 Å². The first-order valence-corrected chi connectivity index (χ1v) is 8.24. The Hall–Kier alpha value is -3.68. The molecule has 0 aliphatic heterocycles. The third kappa shape index (κ3) is 2.88. The van der Waals surface area contributed by atoms with Crippen LogP contribution in [0.25, 0.3) is 27.9 Å². The average molecular weight is 346 g/mol. The minimum atomic E-state index is 0.596. The number of aliphatic imine (C=N–C) groups is 1. The molecule has 0 aliphatic carbocycles. The van der Waals surface area contributed by atoms with Gasteiger partial charge in [0, 0.05) is 55.5 Å². The summed E-state index contributed by atoms with van der Waals surface area (Å²) in [4.78, 5) is 20.9. The fourth-order valence-corrected chi connectivity index (χ4v) is 2.67. The Balaban J connectivity index is 1.80. The van der Waals surface area contributed by atoms with Gasteiger partial charge in [0.05, 0.1) is 22.4 Å². The van der Waals surface area contributed by atoms with Gasteiger partial charge >= 0.3 is 0 Å². The van der Waals surface area contributed by atoms with Crippen molar-refractivity contribution in [1.29, 1.82) is 0 Å². The number of H-pyrrole nitrogens is 1. The zero-order valence-corrected chi connectivity index (χ0v) is 14.2. The van der Waals surface area contributed by atoms with Crippen LogP contribution in [0.3, 0.4) is 0 Å². The molecule has 0 bridgehead atoms. The molecule has 4 rings (SSSR count). The molecular formula is C18H18N8. The number of aromatic amines is 1. The summed E-state index contributed by atoms with van der Waals surface area (Å²) in [5.41, 5.74) is 10.6. The SMILES string of the molecule is CCN=CC(=CN)Nc1nc(-c2cnc3cc[nH]c3c2)cn2ccnc12. The second-order valence-corrected chi connectivity index (χ2v) is 5.64. The number of hydrogen-bond donors (Lipinski definition) is 3.